The lowest BCUT2D eigenvalue weighted by molar-refractivity contribution is 0.0691. The number of aryl methyl sites for hydroxylation is 1. The number of hydrogen-bond donors (Lipinski definition) is 2. The highest BCUT2D eigenvalue weighted by Gasteiger charge is 2.13. The number of amides is 1. The number of nitrogens with one attached hydrogen (secondary N) is 1. The smallest absolute Gasteiger partial charge is 0.338 e. The number of carboxylic acids is 1. The number of nitrogens with zero attached hydrogens (tertiary/aromatic N) is 1. The van der Waals surface area contributed by atoms with Gasteiger partial charge in [0.25, 0.3) is 5.91 Å². The van der Waals surface area contributed by atoms with Crippen LogP contribution < -0.4 is 5.32 Å². The van der Waals surface area contributed by atoms with Crippen LogP contribution in [0.5, 0.6) is 0 Å². The Bertz CT molecular complexity index is 686. The van der Waals surface area contributed by atoms with Gasteiger partial charge >= 0.3 is 5.97 Å². The van der Waals surface area contributed by atoms with Gasteiger partial charge in [-0.3, -0.25) is 9.78 Å². The van der Waals surface area contributed by atoms with Crippen LogP contribution in [0.3, 0.4) is 0 Å². The number of aromatic nitrogens is 1. The molecule has 0 bridgehead atoms. The molecule has 1 aromatic carbocycles. The van der Waals surface area contributed by atoms with Crippen molar-refractivity contribution in [3.05, 3.63) is 59.2 Å². The summed E-state index contributed by atoms with van der Waals surface area (Å²) in [6.07, 6.45) is 1.50. The molecule has 20 heavy (non-hydrogen) atoms. The van der Waals surface area contributed by atoms with E-state index in [1.807, 2.05) is 0 Å². The molecular formula is C14H11FN2O3. The summed E-state index contributed by atoms with van der Waals surface area (Å²) in [6.45, 7) is 1.75. The Morgan fingerprint density at radius 2 is 2.00 bits per heavy atom. The third kappa shape index (κ3) is 2.97. The number of carbonyl (C=O) groups excluding carboxylic acids is 1. The zero-order valence-corrected chi connectivity index (χ0v) is 10.6. The van der Waals surface area contributed by atoms with Crippen molar-refractivity contribution in [1.29, 1.82) is 0 Å². The predicted octanol–water partition coefficient (Wildman–Crippen LogP) is 2.48. The second-order valence-corrected chi connectivity index (χ2v) is 4.14. The molecule has 1 aromatic heterocycles. The number of carboxylic acid groups (broad SMARTS) is 1. The molecule has 1 amide bonds. The zero-order valence-electron chi connectivity index (χ0n) is 10.6. The van der Waals surface area contributed by atoms with E-state index < -0.39 is 23.3 Å². The van der Waals surface area contributed by atoms with Crippen molar-refractivity contribution in [3.63, 3.8) is 0 Å². The number of pyridine rings is 1. The monoisotopic (exact) mass is 274 g/mol. The fourth-order valence-electron chi connectivity index (χ4n) is 1.66. The molecule has 0 fully saturated rings. The van der Waals surface area contributed by atoms with Gasteiger partial charge in [0.15, 0.2) is 0 Å². The highest BCUT2D eigenvalue weighted by molar-refractivity contribution is 6.04. The maximum atomic E-state index is 13.2. The van der Waals surface area contributed by atoms with Crippen molar-refractivity contribution < 1.29 is 19.1 Å². The Morgan fingerprint density at radius 1 is 1.25 bits per heavy atom. The first-order valence-corrected chi connectivity index (χ1v) is 5.74. The summed E-state index contributed by atoms with van der Waals surface area (Å²) >= 11 is 0. The van der Waals surface area contributed by atoms with E-state index in [1.54, 1.807) is 13.0 Å². The first-order chi connectivity index (χ1) is 9.47. The minimum Gasteiger partial charge on any atom is -0.478 e. The van der Waals surface area contributed by atoms with E-state index >= 15 is 0 Å². The molecule has 0 aliphatic carbocycles. The minimum absolute atomic E-state index is 0.211. The molecule has 0 atom stereocenters. The summed E-state index contributed by atoms with van der Waals surface area (Å²) in [6, 6.07) is 6.50. The van der Waals surface area contributed by atoms with E-state index in [0.717, 1.165) is 12.1 Å². The number of benzene rings is 1. The zero-order chi connectivity index (χ0) is 14.7. The normalized spacial score (nSPS) is 10.1. The van der Waals surface area contributed by atoms with Crippen molar-refractivity contribution in [2.45, 2.75) is 6.92 Å². The van der Waals surface area contributed by atoms with Gasteiger partial charge in [0.05, 0.1) is 5.56 Å². The Labute approximate surface area is 114 Å². The maximum Gasteiger partial charge on any atom is 0.338 e. The summed E-state index contributed by atoms with van der Waals surface area (Å²) in [5.41, 5.74) is 0.790. The fourth-order valence-corrected chi connectivity index (χ4v) is 1.66. The lowest BCUT2D eigenvalue weighted by Gasteiger charge is -2.07. The van der Waals surface area contributed by atoms with Crippen molar-refractivity contribution >= 4 is 17.6 Å². The van der Waals surface area contributed by atoms with Crippen LogP contribution in [-0.4, -0.2) is 22.0 Å². The largest absolute Gasteiger partial charge is 0.478 e. The maximum absolute atomic E-state index is 13.2. The van der Waals surface area contributed by atoms with Gasteiger partial charge in [0.1, 0.15) is 5.82 Å². The van der Waals surface area contributed by atoms with Crippen molar-refractivity contribution in [2.24, 2.45) is 0 Å². The number of carbonyl (C=O) groups is 2. The third-order valence-corrected chi connectivity index (χ3v) is 2.61. The van der Waals surface area contributed by atoms with E-state index in [9.17, 15) is 14.0 Å². The molecule has 0 aliphatic heterocycles. The molecule has 2 rings (SSSR count). The molecule has 0 spiro atoms. The van der Waals surface area contributed by atoms with Crippen LogP contribution in [0.25, 0.3) is 0 Å². The van der Waals surface area contributed by atoms with Gasteiger partial charge < -0.3 is 10.4 Å². The van der Waals surface area contributed by atoms with Crippen LogP contribution in [0.15, 0.2) is 36.5 Å². The number of aromatic carboxylic acids is 1. The summed E-state index contributed by atoms with van der Waals surface area (Å²) < 4.78 is 13.2. The molecule has 5 nitrogen and oxygen atoms in total. The van der Waals surface area contributed by atoms with E-state index in [4.69, 9.17) is 5.11 Å². The standard InChI is InChI=1S/C14H11FN2O3/c1-8-6-9(4-5-16-8)13(18)17-10-2-3-12(15)11(7-10)14(19)20/h2-7H,1H3,(H,17,18)(H,19,20). The first kappa shape index (κ1) is 13.7. The molecule has 102 valence electrons. The van der Waals surface area contributed by atoms with Crippen LogP contribution in [0, 0.1) is 12.7 Å². The van der Waals surface area contributed by atoms with Crippen LogP contribution in [-0.2, 0) is 0 Å². The van der Waals surface area contributed by atoms with Gasteiger partial charge in [-0.05, 0) is 37.3 Å². The number of halogens is 1. The molecule has 1 heterocycles. The third-order valence-electron chi connectivity index (χ3n) is 2.61. The Morgan fingerprint density at radius 3 is 2.65 bits per heavy atom. The van der Waals surface area contributed by atoms with E-state index in [-0.39, 0.29) is 5.69 Å². The second-order valence-electron chi connectivity index (χ2n) is 4.14. The Kier molecular flexibility index (Phi) is 3.74. The predicted molar refractivity (Wildman–Crippen MR) is 70.3 cm³/mol. The van der Waals surface area contributed by atoms with Gasteiger partial charge in [-0.2, -0.15) is 0 Å². The summed E-state index contributed by atoms with van der Waals surface area (Å²) in [5.74, 6) is -2.66. The van der Waals surface area contributed by atoms with Crippen LogP contribution in [0.2, 0.25) is 0 Å². The second kappa shape index (κ2) is 5.48. The summed E-state index contributed by atoms with van der Waals surface area (Å²) in [7, 11) is 0. The fraction of sp³-hybridized carbons (Fsp3) is 0.0714. The van der Waals surface area contributed by atoms with E-state index in [1.165, 1.54) is 18.3 Å². The molecule has 0 saturated carbocycles. The highest BCUT2D eigenvalue weighted by atomic mass is 19.1. The molecule has 2 N–H and O–H groups in total. The molecule has 0 radical (unpaired) electrons. The van der Waals surface area contributed by atoms with E-state index in [0.29, 0.717) is 11.3 Å². The number of hydrogen-bond acceptors (Lipinski definition) is 3. The van der Waals surface area contributed by atoms with Crippen molar-refractivity contribution in [1.82, 2.24) is 4.98 Å². The molecule has 0 aliphatic rings. The summed E-state index contributed by atoms with van der Waals surface area (Å²) in [4.78, 5) is 26.7. The highest BCUT2D eigenvalue weighted by Crippen LogP contribution is 2.16. The van der Waals surface area contributed by atoms with Crippen LogP contribution >= 0.6 is 0 Å². The quantitative estimate of drug-likeness (QED) is 0.901. The average molecular weight is 274 g/mol. The van der Waals surface area contributed by atoms with Gasteiger partial charge in [0, 0.05) is 23.1 Å². The topological polar surface area (TPSA) is 79.3 Å². The van der Waals surface area contributed by atoms with E-state index in [2.05, 4.69) is 10.3 Å². The average Bonchev–Trinajstić information content (AvgIpc) is 2.40. The Balaban J connectivity index is 2.24. The van der Waals surface area contributed by atoms with Gasteiger partial charge in [-0.15, -0.1) is 0 Å². The van der Waals surface area contributed by atoms with Crippen molar-refractivity contribution in [2.75, 3.05) is 5.32 Å². The SMILES string of the molecule is Cc1cc(C(=O)Nc2ccc(F)c(C(=O)O)c2)ccn1. The van der Waals surface area contributed by atoms with Gasteiger partial charge in [-0.1, -0.05) is 0 Å². The van der Waals surface area contributed by atoms with Crippen molar-refractivity contribution in [3.8, 4) is 0 Å². The lowest BCUT2D eigenvalue weighted by atomic mass is 10.1. The van der Waals surface area contributed by atoms with Gasteiger partial charge in [0.2, 0.25) is 0 Å². The van der Waals surface area contributed by atoms with Crippen LogP contribution in [0.1, 0.15) is 26.4 Å². The Hall–Kier alpha value is -2.76. The number of rotatable bonds is 3. The van der Waals surface area contributed by atoms with Gasteiger partial charge in [-0.25, -0.2) is 9.18 Å². The molecule has 0 unspecified atom stereocenters. The molecule has 2 aromatic rings. The molecule has 0 saturated heterocycles. The molecule has 6 heteroatoms. The summed E-state index contributed by atoms with van der Waals surface area (Å²) in [5, 5.41) is 11.3. The molecular weight excluding hydrogens is 263 g/mol. The first-order valence-electron chi connectivity index (χ1n) is 5.74. The number of anilines is 1. The minimum atomic E-state index is -1.39. The van der Waals surface area contributed by atoms with Crippen LogP contribution in [0.4, 0.5) is 10.1 Å². The lowest BCUT2D eigenvalue weighted by Crippen LogP contribution is -2.13.